The summed E-state index contributed by atoms with van der Waals surface area (Å²) in [5, 5.41) is 7.21. The number of nitrogens with one attached hydrogen (secondary N) is 1. The Bertz CT molecular complexity index is 1740. The number of aromatic nitrogens is 4. The lowest BCUT2D eigenvalue weighted by atomic mass is 10.0. The third-order valence-corrected chi connectivity index (χ3v) is 8.88. The molecular weight excluding hydrogens is 622 g/mol. The number of benzene rings is 1. The largest absolute Gasteiger partial charge is 0.482 e. The number of hydrogen-bond donors (Lipinski definition) is 2. The molecule has 2 saturated heterocycles. The zero-order chi connectivity index (χ0) is 31.7. The molecule has 11 nitrogen and oxygen atoms in total. The molecule has 0 bridgehead atoms. The van der Waals surface area contributed by atoms with Crippen LogP contribution < -0.4 is 20.7 Å². The third kappa shape index (κ3) is 6.58. The highest BCUT2D eigenvalue weighted by Gasteiger charge is 2.28. The van der Waals surface area contributed by atoms with Crippen LogP contribution in [0.5, 0.6) is 5.75 Å². The van der Waals surface area contributed by atoms with E-state index in [0.717, 1.165) is 48.3 Å². The van der Waals surface area contributed by atoms with Gasteiger partial charge in [-0.3, -0.25) is 29.6 Å². The molecule has 1 atom stereocenters. The molecule has 0 saturated carbocycles. The number of amides is 3. The van der Waals surface area contributed by atoms with Crippen LogP contribution in [-0.4, -0.2) is 56.2 Å². The number of anilines is 2. The van der Waals surface area contributed by atoms with Gasteiger partial charge in [0.25, 0.3) is 0 Å². The van der Waals surface area contributed by atoms with E-state index in [1.807, 2.05) is 16.9 Å². The van der Waals surface area contributed by atoms with Crippen molar-refractivity contribution < 1.29 is 18.7 Å². The molecule has 0 aliphatic carbocycles. The number of imide groups is 1. The zero-order valence-corrected chi connectivity index (χ0v) is 25.9. The van der Waals surface area contributed by atoms with E-state index in [1.54, 1.807) is 42.7 Å². The molecule has 5 heterocycles. The predicted molar refractivity (Wildman–Crippen MR) is 169 cm³/mol. The van der Waals surface area contributed by atoms with Crippen LogP contribution in [0.4, 0.5) is 20.7 Å². The van der Waals surface area contributed by atoms with Gasteiger partial charge >= 0.3 is 6.03 Å². The number of pyridine rings is 2. The molecular formula is C31H31Cl2FN8O3. The SMILES string of the molecule is C[C@@H](Oc1cc(-c2cnn(C3CCN(Cc4ccncc4N4CCC(=O)NC4=O)CC3)c2)cnc1N)c1c(Cl)ccc(F)c1Cl. The van der Waals surface area contributed by atoms with E-state index in [0.29, 0.717) is 24.4 Å². The summed E-state index contributed by atoms with van der Waals surface area (Å²) in [6.45, 7) is 4.40. The molecule has 6 rings (SSSR count). The number of carbonyl (C=O) groups excluding carboxylic acids is 2. The number of likely N-dealkylation sites (tertiary alicyclic amines) is 1. The van der Waals surface area contributed by atoms with Crippen molar-refractivity contribution >= 4 is 46.6 Å². The van der Waals surface area contributed by atoms with Crippen molar-refractivity contribution in [2.45, 2.75) is 44.9 Å². The second kappa shape index (κ2) is 13.0. The fourth-order valence-corrected chi connectivity index (χ4v) is 6.41. The van der Waals surface area contributed by atoms with Gasteiger partial charge in [0.1, 0.15) is 11.9 Å². The Labute approximate surface area is 269 Å². The lowest BCUT2D eigenvalue weighted by Gasteiger charge is -2.33. The van der Waals surface area contributed by atoms with E-state index in [4.69, 9.17) is 33.7 Å². The van der Waals surface area contributed by atoms with Crippen LogP contribution in [0.1, 0.15) is 49.5 Å². The minimum absolute atomic E-state index is 0.0988. The average Bonchev–Trinajstić information content (AvgIpc) is 3.52. The Hall–Kier alpha value is -4.26. The molecule has 0 radical (unpaired) electrons. The lowest BCUT2D eigenvalue weighted by molar-refractivity contribution is -0.120. The van der Waals surface area contributed by atoms with Gasteiger partial charge in [0.05, 0.1) is 29.1 Å². The predicted octanol–water partition coefficient (Wildman–Crippen LogP) is 5.79. The van der Waals surface area contributed by atoms with Crippen molar-refractivity contribution in [2.75, 3.05) is 30.3 Å². The number of nitrogens with zero attached hydrogens (tertiary/aromatic N) is 6. The topological polar surface area (TPSA) is 132 Å². The lowest BCUT2D eigenvalue weighted by Crippen LogP contribution is -2.50. The van der Waals surface area contributed by atoms with Gasteiger partial charge in [0.15, 0.2) is 11.6 Å². The van der Waals surface area contributed by atoms with E-state index in [9.17, 15) is 14.0 Å². The number of nitrogens with two attached hydrogens (primary N) is 1. The number of nitrogen functional groups attached to an aromatic ring is 1. The Morgan fingerprint density at radius 1 is 1.11 bits per heavy atom. The van der Waals surface area contributed by atoms with E-state index >= 15 is 0 Å². The molecule has 1 aromatic carbocycles. The van der Waals surface area contributed by atoms with Crippen LogP contribution in [0, 0.1) is 5.82 Å². The number of piperidine rings is 1. The van der Waals surface area contributed by atoms with E-state index in [1.165, 1.54) is 12.1 Å². The van der Waals surface area contributed by atoms with Crippen LogP contribution >= 0.6 is 23.2 Å². The first-order valence-corrected chi connectivity index (χ1v) is 15.3. The standard InChI is InChI=1S/C31H31Cl2FN8O3/c1-18(28-23(32)2-3-24(34)29(28)33)45-26-12-20(13-37-30(26)35)21-14-38-42(17-21)22-5-9-40(10-6-22)16-19-4-8-36-15-25(19)41-11-7-27(43)39-31(41)44/h2-4,8,12-15,17-18,22H,5-7,9-11,16H2,1H3,(H2,35,37)(H,39,43,44)/t18-/m1/s1. The smallest absolute Gasteiger partial charge is 0.328 e. The summed E-state index contributed by atoms with van der Waals surface area (Å²) in [5.74, 6) is -0.350. The Morgan fingerprint density at radius 3 is 2.69 bits per heavy atom. The van der Waals surface area contributed by atoms with Gasteiger partial charge < -0.3 is 10.5 Å². The quantitative estimate of drug-likeness (QED) is 0.229. The number of ether oxygens (including phenoxy) is 1. The van der Waals surface area contributed by atoms with Crippen LogP contribution in [0.2, 0.25) is 10.0 Å². The summed E-state index contributed by atoms with van der Waals surface area (Å²) < 4.78 is 22.1. The normalized spacial score (nSPS) is 16.9. The monoisotopic (exact) mass is 652 g/mol. The number of halogens is 3. The molecule has 234 valence electrons. The van der Waals surface area contributed by atoms with Gasteiger partial charge in [-0.25, -0.2) is 14.2 Å². The molecule has 3 amide bonds. The van der Waals surface area contributed by atoms with Gasteiger partial charge in [-0.2, -0.15) is 5.10 Å². The summed E-state index contributed by atoms with van der Waals surface area (Å²) in [7, 11) is 0. The summed E-state index contributed by atoms with van der Waals surface area (Å²) in [6, 6.07) is 6.13. The summed E-state index contributed by atoms with van der Waals surface area (Å²) in [4.78, 5) is 36.5. The molecule has 0 spiro atoms. The van der Waals surface area contributed by atoms with E-state index in [2.05, 4.69) is 25.3 Å². The maximum atomic E-state index is 14.1. The molecule has 14 heteroatoms. The highest BCUT2D eigenvalue weighted by atomic mass is 35.5. The van der Waals surface area contributed by atoms with Gasteiger partial charge in [-0.1, -0.05) is 23.2 Å². The fourth-order valence-electron chi connectivity index (χ4n) is 5.73. The summed E-state index contributed by atoms with van der Waals surface area (Å²) in [5.41, 5.74) is 9.76. The van der Waals surface area contributed by atoms with Crippen LogP contribution in [0.3, 0.4) is 0 Å². The van der Waals surface area contributed by atoms with Crippen molar-refractivity contribution in [3.05, 3.63) is 82.2 Å². The number of urea groups is 1. The van der Waals surface area contributed by atoms with Crippen molar-refractivity contribution in [1.29, 1.82) is 0 Å². The van der Waals surface area contributed by atoms with E-state index in [-0.39, 0.29) is 34.2 Å². The Morgan fingerprint density at radius 2 is 1.91 bits per heavy atom. The highest BCUT2D eigenvalue weighted by molar-refractivity contribution is 6.36. The second-order valence-corrected chi connectivity index (χ2v) is 11.9. The van der Waals surface area contributed by atoms with E-state index < -0.39 is 18.0 Å². The first-order chi connectivity index (χ1) is 21.7. The third-order valence-electron chi connectivity index (χ3n) is 8.16. The molecule has 2 aliphatic heterocycles. The van der Waals surface area contributed by atoms with Crippen LogP contribution in [-0.2, 0) is 11.3 Å². The number of hydrogen-bond acceptors (Lipinski definition) is 8. The highest BCUT2D eigenvalue weighted by Crippen LogP contribution is 2.37. The fraction of sp³-hybridized carbons (Fsp3) is 0.323. The number of rotatable bonds is 8. The van der Waals surface area contributed by atoms with Gasteiger partial charge in [0.2, 0.25) is 5.91 Å². The van der Waals surface area contributed by atoms with Gasteiger partial charge in [0, 0.05) is 72.9 Å². The van der Waals surface area contributed by atoms with Crippen LogP contribution in [0.25, 0.3) is 11.1 Å². The van der Waals surface area contributed by atoms with Crippen molar-refractivity contribution in [3.8, 4) is 16.9 Å². The summed E-state index contributed by atoms with van der Waals surface area (Å²) >= 11 is 12.5. The minimum Gasteiger partial charge on any atom is -0.482 e. The Balaban J connectivity index is 1.10. The minimum atomic E-state index is -0.683. The van der Waals surface area contributed by atoms with Gasteiger partial charge in [-0.15, -0.1) is 0 Å². The zero-order valence-electron chi connectivity index (χ0n) is 24.4. The maximum absolute atomic E-state index is 14.1. The van der Waals surface area contributed by atoms with Crippen molar-refractivity contribution in [2.24, 2.45) is 0 Å². The molecule has 45 heavy (non-hydrogen) atoms. The Kier molecular flexibility index (Phi) is 8.88. The van der Waals surface area contributed by atoms with Crippen molar-refractivity contribution in [3.63, 3.8) is 0 Å². The molecule has 4 aromatic rings. The van der Waals surface area contributed by atoms with Gasteiger partial charge in [-0.05, 0) is 49.6 Å². The molecule has 3 aromatic heterocycles. The molecule has 2 aliphatic rings. The summed E-state index contributed by atoms with van der Waals surface area (Å²) in [6.07, 6.45) is 10.2. The second-order valence-electron chi connectivity index (χ2n) is 11.1. The van der Waals surface area contributed by atoms with Crippen molar-refractivity contribution in [1.82, 2.24) is 30.0 Å². The average molecular weight is 654 g/mol. The number of carbonyl (C=O) groups is 2. The molecule has 3 N–H and O–H groups in total. The first-order valence-electron chi connectivity index (χ1n) is 14.5. The maximum Gasteiger partial charge on any atom is 0.328 e. The van der Waals surface area contributed by atoms with Crippen LogP contribution in [0.15, 0.2) is 55.2 Å². The molecule has 0 unspecified atom stereocenters. The molecule has 2 fully saturated rings. The first kappa shape index (κ1) is 30.8.